The highest BCUT2D eigenvalue weighted by Crippen LogP contribution is 2.43. The standard InChI is InChI=1S/C30H19ClF4N6O2/c1-2-14-3-5-22(31)20(7-14)26-25-21(29(43)40-26)10-15(19-4-6-24-37-13-38-41(24)27(19)36)11-23(25)39-28(42)16-8-17(30(33,34)35)12-18(32)9-16/h2-13,26H,1,36H2,(H,39,42)(H,40,43). The van der Waals surface area contributed by atoms with Crippen molar-refractivity contribution in [2.75, 3.05) is 11.1 Å². The van der Waals surface area contributed by atoms with Crippen LogP contribution in [0, 0.1) is 5.82 Å². The smallest absolute Gasteiger partial charge is 0.383 e. The molecule has 0 spiro atoms. The zero-order valence-electron chi connectivity index (χ0n) is 21.8. The minimum atomic E-state index is -4.88. The van der Waals surface area contributed by atoms with Gasteiger partial charge >= 0.3 is 6.18 Å². The van der Waals surface area contributed by atoms with Crippen molar-refractivity contribution < 1.29 is 27.2 Å². The Bertz CT molecular complexity index is 1990. The maximum atomic E-state index is 14.2. The maximum absolute atomic E-state index is 14.2. The number of alkyl halides is 3. The number of halogens is 5. The molecule has 0 aliphatic carbocycles. The number of benzene rings is 3. The number of nitrogens with two attached hydrogens (primary N) is 1. The van der Waals surface area contributed by atoms with Crippen LogP contribution in [0.5, 0.6) is 0 Å². The number of nitrogens with one attached hydrogen (secondary N) is 2. The lowest BCUT2D eigenvalue weighted by molar-refractivity contribution is -0.137. The third kappa shape index (κ3) is 4.95. The number of amides is 2. The number of hydrogen-bond donors (Lipinski definition) is 3. The van der Waals surface area contributed by atoms with Crippen LogP contribution < -0.4 is 16.4 Å². The third-order valence-corrected chi connectivity index (χ3v) is 7.42. The number of carbonyl (C=O) groups is 2. The zero-order chi connectivity index (χ0) is 30.6. The predicted molar refractivity (Wildman–Crippen MR) is 153 cm³/mol. The summed E-state index contributed by atoms with van der Waals surface area (Å²) in [5.41, 5.74) is 7.48. The predicted octanol–water partition coefficient (Wildman–Crippen LogP) is 6.52. The minimum absolute atomic E-state index is 0.0665. The highest BCUT2D eigenvalue weighted by molar-refractivity contribution is 6.31. The Balaban J connectivity index is 1.54. The summed E-state index contributed by atoms with van der Waals surface area (Å²) in [6.07, 6.45) is -1.98. The topological polar surface area (TPSA) is 114 Å². The van der Waals surface area contributed by atoms with Gasteiger partial charge in [-0.2, -0.15) is 22.8 Å². The van der Waals surface area contributed by atoms with Gasteiger partial charge in [-0.3, -0.25) is 9.59 Å². The van der Waals surface area contributed by atoms with Gasteiger partial charge in [0.25, 0.3) is 11.8 Å². The van der Waals surface area contributed by atoms with Gasteiger partial charge in [0.2, 0.25) is 0 Å². The van der Waals surface area contributed by atoms with Gasteiger partial charge in [0.05, 0.1) is 11.6 Å². The zero-order valence-corrected chi connectivity index (χ0v) is 22.6. The average Bonchev–Trinajstić information content (AvgIpc) is 3.58. The van der Waals surface area contributed by atoms with E-state index >= 15 is 0 Å². The molecule has 3 aromatic carbocycles. The van der Waals surface area contributed by atoms with E-state index in [0.717, 1.165) is 0 Å². The fourth-order valence-electron chi connectivity index (χ4n) is 5.07. The average molecular weight is 607 g/mol. The Morgan fingerprint density at radius 2 is 1.88 bits per heavy atom. The van der Waals surface area contributed by atoms with Crippen LogP contribution in [0.25, 0.3) is 22.9 Å². The quantitative estimate of drug-likeness (QED) is 0.197. The number of nitrogen functional groups attached to an aromatic ring is 1. The van der Waals surface area contributed by atoms with Crippen LogP contribution >= 0.6 is 11.6 Å². The lowest BCUT2D eigenvalue weighted by Crippen LogP contribution is -2.21. The van der Waals surface area contributed by atoms with Crippen molar-refractivity contribution in [1.29, 1.82) is 0 Å². The summed E-state index contributed by atoms with van der Waals surface area (Å²) >= 11 is 6.52. The van der Waals surface area contributed by atoms with Crippen LogP contribution in [0.1, 0.15) is 49.0 Å². The van der Waals surface area contributed by atoms with E-state index in [1.165, 1.54) is 16.9 Å². The SMILES string of the molecule is C=Cc1ccc(Cl)c(C2NC(=O)c3cc(-c4ccc5ncnn5c4N)cc(NC(=O)c4cc(F)cc(C(F)(F)F)c4)c32)c1. The molecule has 5 aromatic rings. The highest BCUT2D eigenvalue weighted by Gasteiger charge is 2.36. The lowest BCUT2D eigenvalue weighted by atomic mass is 9.92. The molecule has 216 valence electrons. The second-order valence-corrected chi connectivity index (χ2v) is 10.1. The fraction of sp³-hybridized carbons (Fsp3) is 0.0667. The molecule has 3 heterocycles. The van der Waals surface area contributed by atoms with E-state index < -0.39 is 41.0 Å². The van der Waals surface area contributed by atoms with Gasteiger partial charge in [-0.05, 0) is 71.3 Å². The monoisotopic (exact) mass is 606 g/mol. The molecule has 0 saturated heterocycles. The molecule has 1 aliphatic heterocycles. The number of nitrogens with zero attached hydrogens (tertiary/aromatic N) is 3. The molecule has 1 aliphatic rings. The Hall–Kier alpha value is -5.23. The molecular weight excluding hydrogens is 588 g/mol. The summed E-state index contributed by atoms with van der Waals surface area (Å²) in [6, 6.07) is 12.2. The summed E-state index contributed by atoms with van der Waals surface area (Å²) in [5.74, 6) is -2.59. The first-order valence-electron chi connectivity index (χ1n) is 12.6. The van der Waals surface area contributed by atoms with Crippen molar-refractivity contribution in [1.82, 2.24) is 19.9 Å². The van der Waals surface area contributed by atoms with Gasteiger partial charge in [-0.1, -0.05) is 30.3 Å². The number of carbonyl (C=O) groups excluding carboxylic acids is 2. The number of pyridine rings is 1. The molecule has 1 atom stereocenters. The van der Waals surface area contributed by atoms with E-state index in [1.807, 2.05) is 0 Å². The van der Waals surface area contributed by atoms with Crippen molar-refractivity contribution in [3.05, 3.63) is 118 Å². The van der Waals surface area contributed by atoms with Gasteiger partial charge in [-0.25, -0.2) is 9.37 Å². The molecule has 6 rings (SSSR count). The summed E-state index contributed by atoms with van der Waals surface area (Å²) in [5, 5.41) is 9.86. The number of rotatable bonds is 5. The Morgan fingerprint density at radius 1 is 1.09 bits per heavy atom. The van der Waals surface area contributed by atoms with E-state index in [2.05, 4.69) is 27.3 Å². The normalized spacial score (nSPS) is 14.4. The summed E-state index contributed by atoms with van der Waals surface area (Å²) in [7, 11) is 0. The van der Waals surface area contributed by atoms with Crippen LogP contribution in [0.3, 0.4) is 0 Å². The molecule has 0 radical (unpaired) electrons. The van der Waals surface area contributed by atoms with Crippen LogP contribution in [-0.2, 0) is 6.18 Å². The first kappa shape index (κ1) is 27.9. The van der Waals surface area contributed by atoms with Crippen molar-refractivity contribution in [3.63, 3.8) is 0 Å². The van der Waals surface area contributed by atoms with Crippen molar-refractivity contribution in [2.24, 2.45) is 0 Å². The number of anilines is 2. The minimum Gasteiger partial charge on any atom is -0.383 e. The number of aromatic nitrogens is 3. The third-order valence-electron chi connectivity index (χ3n) is 7.08. The Kier molecular flexibility index (Phi) is 6.65. The van der Waals surface area contributed by atoms with E-state index in [1.54, 1.807) is 42.5 Å². The van der Waals surface area contributed by atoms with Crippen LogP contribution in [-0.4, -0.2) is 26.4 Å². The van der Waals surface area contributed by atoms with Gasteiger partial charge in [0.15, 0.2) is 5.65 Å². The lowest BCUT2D eigenvalue weighted by Gasteiger charge is -2.20. The molecule has 4 N–H and O–H groups in total. The molecule has 0 fully saturated rings. The van der Waals surface area contributed by atoms with Crippen LogP contribution in [0.15, 0.2) is 73.6 Å². The van der Waals surface area contributed by atoms with E-state index in [0.29, 0.717) is 56.7 Å². The molecule has 1 unspecified atom stereocenters. The van der Waals surface area contributed by atoms with E-state index in [-0.39, 0.29) is 17.1 Å². The van der Waals surface area contributed by atoms with Gasteiger partial charge in [0, 0.05) is 33.0 Å². The van der Waals surface area contributed by atoms with Gasteiger partial charge < -0.3 is 16.4 Å². The second kappa shape index (κ2) is 10.2. The molecular formula is C30H19ClF4N6O2. The van der Waals surface area contributed by atoms with Gasteiger partial charge in [-0.15, -0.1) is 0 Å². The van der Waals surface area contributed by atoms with Gasteiger partial charge in [0.1, 0.15) is 18.0 Å². The van der Waals surface area contributed by atoms with Crippen molar-refractivity contribution >= 4 is 46.6 Å². The highest BCUT2D eigenvalue weighted by atomic mass is 35.5. The molecule has 8 nitrogen and oxygen atoms in total. The van der Waals surface area contributed by atoms with Crippen molar-refractivity contribution in [2.45, 2.75) is 12.2 Å². The summed E-state index contributed by atoms with van der Waals surface area (Å²) in [6.45, 7) is 3.76. The number of hydrogen-bond acceptors (Lipinski definition) is 5. The Morgan fingerprint density at radius 3 is 2.63 bits per heavy atom. The maximum Gasteiger partial charge on any atom is 0.416 e. The molecule has 0 saturated carbocycles. The fourth-order valence-corrected chi connectivity index (χ4v) is 5.29. The first-order valence-corrected chi connectivity index (χ1v) is 13.0. The largest absolute Gasteiger partial charge is 0.416 e. The van der Waals surface area contributed by atoms with E-state index in [4.69, 9.17) is 17.3 Å². The molecule has 0 bridgehead atoms. The summed E-state index contributed by atoms with van der Waals surface area (Å²) in [4.78, 5) is 30.8. The van der Waals surface area contributed by atoms with Crippen LogP contribution in [0.2, 0.25) is 5.02 Å². The second-order valence-electron chi connectivity index (χ2n) is 9.72. The van der Waals surface area contributed by atoms with E-state index in [9.17, 15) is 27.2 Å². The Labute approximate surface area is 245 Å². The molecule has 43 heavy (non-hydrogen) atoms. The van der Waals surface area contributed by atoms with Crippen LogP contribution in [0.4, 0.5) is 29.1 Å². The molecule has 2 aromatic heterocycles. The first-order chi connectivity index (χ1) is 20.4. The molecule has 2 amide bonds. The van der Waals surface area contributed by atoms with Crippen molar-refractivity contribution in [3.8, 4) is 11.1 Å². The molecule has 13 heteroatoms. The number of fused-ring (bicyclic) bond motifs is 2. The summed E-state index contributed by atoms with van der Waals surface area (Å²) < 4.78 is 55.7.